The molecule has 27 heavy (non-hydrogen) atoms. The van der Waals surface area contributed by atoms with Crippen LogP contribution in [-0.2, 0) is 11.2 Å². The number of anilines is 1. The van der Waals surface area contributed by atoms with E-state index in [1.165, 1.54) is 11.1 Å². The van der Waals surface area contributed by atoms with Crippen LogP contribution in [0.15, 0.2) is 78.9 Å². The van der Waals surface area contributed by atoms with Crippen molar-refractivity contribution in [1.82, 2.24) is 0 Å². The van der Waals surface area contributed by atoms with Gasteiger partial charge in [0.25, 0.3) is 0 Å². The standard InChI is InChI=1S/C24H25NO2/c1-18(2)20-15-12-19(13-16-20)14-17-24(26)25-22-10-6-7-11-23(22)27-21-8-4-3-5-9-21/h3-13,15-16,18H,14,17H2,1-2H3,(H,25,26). The molecular weight excluding hydrogens is 334 g/mol. The molecule has 138 valence electrons. The minimum atomic E-state index is -0.0213. The van der Waals surface area contributed by atoms with E-state index >= 15 is 0 Å². The molecule has 0 radical (unpaired) electrons. The highest BCUT2D eigenvalue weighted by Gasteiger charge is 2.09. The van der Waals surface area contributed by atoms with Gasteiger partial charge in [0.1, 0.15) is 5.75 Å². The summed E-state index contributed by atoms with van der Waals surface area (Å²) in [6, 6.07) is 25.5. The topological polar surface area (TPSA) is 38.3 Å². The second-order valence-corrected chi connectivity index (χ2v) is 6.86. The van der Waals surface area contributed by atoms with Gasteiger partial charge < -0.3 is 10.1 Å². The summed E-state index contributed by atoms with van der Waals surface area (Å²) in [6.07, 6.45) is 1.15. The van der Waals surface area contributed by atoms with Crippen LogP contribution in [0.4, 0.5) is 5.69 Å². The average Bonchev–Trinajstić information content (AvgIpc) is 2.69. The summed E-state index contributed by atoms with van der Waals surface area (Å²) < 4.78 is 5.89. The molecule has 0 aliphatic heterocycles. The molecule has 0 saturated carbocycles. The van der Waals surface area contributed by atoms with Crippen molar-refractivity contribution in [1.29, 1.82) is 0 Å². The van der Waals surface area contributed by atoms with Gasteiger partial charge in [-0.3, -0.25) is 4.79 Å². The van der Waals surface area contributed by atoms with E-state index in [4.69, 9.17) is 4.74 Å². The molecule has 0 heterocycles. The molecule has 0 aliphatic carbocycles. The first-order valence-electron chi connectivity index (χ1n) is 9.32. The number of rotatable bonds is 7. The van der Waals surface area contributed by atoms with Crippen molar-refractivity contribution in [3.05, 3.63) is 90.0 Å². The van der Waals surface area contributed by atoms with Gasteiger partial charge in [-0.2, -0.15) is 0 Å². The molecule has 0 saturated heterocycles. The van der Waals surface area contributed by atoms with Crippen molar-refractivity contribution in [2.75, 3.05) is 5.32 Å². The summed E-state index contributed by atoms with van der Waals surface area (Å²) in [5.74, 6) is 1.87. The molecule has 3 rings (SSSR count). The fraction of sp³-hybridized carbons (Fsp3) is 0.208. The van der Waals surface area contributed by atoms with Crippen LogP contribution >= 0.6 is 0 Å². The van der Waals surface area contributed by atoms with Gasteiger partial charge in [0.05, 0.1) is 5.69 Å². The number of amides is 1. The van der Waals surface area contributed by atoms with E-state index in [1.54, 1.807) is 0 Å². The van der Waals surface area contributed by atoms with Crippen LogP contribution in [-0.4, -0.2) is 5.91 Å². The third kappa shape index (κ3) is 5.45. The fourth-order valence-electron chi connectivity index (χ4n) is 2.81. The Morgan fingerprint density at radius 3 is 2.26 bits per heavy atom. The maximum atomic E-state index is 12.4. The second-order valence-electron chi connectivity index (χ2n) is 6.86. The molecule has 1 amide bonds. The van der Waals surface area contributed by atoms with Crippen molar-refractivity contribution in [3.8, 4) is 11.5 Å². The lowest BCUT2D eigenvalue weighted by Crippen LogP contribution is -2.13. The minimum absolute atomic E-state index is 0.0213. The van der Waals surface area contributed by atoms with Crippen molar-refractivity contribution >= 4 is 11.6 Å². The van der Waals surface area contributed by atoms with Crippen molar-refractivity contribution < 1.29 is 9.53 Å². The highest BCUT2D eigenvalue weighted by molar-refractivity contribution is 5.92. The molecule has 3 aromatic rings. The molecule has 1 N–H and O–H groups in total. The summed E-state index contributed by atoms with van der Waals surface area (Å²) >= 11 is 0. The van der Waals surface area contributed by atoms with E-state index in [1.807, 2.05) is 54.6 Å². The minimum Gasteiger partial charge on any atom is -0.455 e. The fourth-order valence-corrected chi connectivity index (χ4v) is 2.81. The molecule has 0 aromatic heterocycles. The van der Waals surface area contributed by atoms with E-state index in [-0.39, 0.29) is 5.91 Å². The van der Waals surface area contributed by atoms with Crippen LogP contribution in [0.2, 0.25) is 0 Å². The Balaban J connectivity index is 1.59. The van der Waals surface area contributed by atoms with E-state index in [0.717, 1.165) is 5.75 Å². The Morgan fingerprint density at radius 2 is 1.56 bits per heavy atom. The highest BCUT2D eigenvalue weighted by Crippen LogP contribution is 2.29. The molecular formula is C24H25NO2. The Bertz CT molecular complexity index is 870. The number of aryl methyl sites for hydroxylation is 1. The maximum Gasteiger partial charge on any atom is 0.224 e. The predicted molar refractivity (Wildman–Crippen MR) is 110 cm³/mol. The van der Waals surface area contributed by atoms with Gasteiger partial charge in [-0.25, -0.2) is 0 Å². The molecule has 3 heteroatoms. The summed E-state index contributed by atoms with van der Waals surface area (Å²) in [6.45, 7) is 4.36. The summed E-state index contributed by atoms with van der Waals surface area (Å²) in [5, 5.41) is 2.97. The van der Waals surface area contributed by atoms with Crippen molar-refractivity contribution in [2.45, 2.75) is 32.6 Å². The predicted octanol–water partition coefficient (Wildman–Crippen LogP) is 6.17. The largest absolute Gasteiger partial charge is 0.455 e. The van der Waals surface area contributed by atoms with E-state index in [9.17, 15) is 4.79 Å². The third-order valence-electron chi connectivity index (χ3n) is 4.42. The van der Waals surface area contributed by atoms with Gasteiger partial charge in [-0.1, -0.05) is 68.4 Å². The number of benzene rings is 3. The lowest BCUT2D eigenvalue weighted by molar-refractivity contribution is -0.116. The SMILES string of the molecule is CC(C)c1ccc(CCC(=O)Nc2ccccc2Oc2ccccc2)cc1. The van der Waals surface area contributed by atoms with E-state index in [2.05, 4.69) is 43.4 Å². The average molecular weight is 359 g/mol. The lowest BCUT2D eigenvalue weighted by atomic mass is 10.0. The second kappa shape index (κ2) is 9.04. The normalized spacial score (nSPS) is 10.6. The summed E-state index contributed by atoms with van der Waals surface area (Å²) in [5.41, 5.74) is 3.17. The van der Waals surface area contributed by atoms with Gasteiger partial charge in [0, 0.05) is 6.42 Å². The van der Waals surface area contributed by atoms with E-state index in [0.29, 0.717) is 30.2 Å². The number of carbonyl (C=O) groups is 1. The molecule has 0 fully saturated rings. The number of para-hydroxylation sites is 3. The van der Waals surface area contributed by atoms with Crippen molar-refractivity contribution in [2.24, 2.45) is 0 Å². The van der Waals surface area contributed by atoms with Gasteiger partial charge in [-0.05, 0) is 47.7 Å². The van der Waals surface area contributed by atoms with E-state index < -0.39 is 0 Å². The summed E-state index contributed by atoms with van der Waals surface area (Å²) in [7, 11) is 0. The van der Waals surface area contributed by atoms with Gasteiger partial charge in [0.2, 0.25) is 5.91 Å². The van der Waals surface area contributed by atoms with Gasteiger partial charge >= 0.3 is 0 Å². The highest BCUT2D eigenvalue weighted by atomic mass is 16.5. The number of nitrogens with one attached hydrogen (secondary N) is 1. The zero-order valence-electron chi connectivity index (χ0n) is 15.8. The van der Waals surface area contributed by atoms with Gasteiger partial charge in [-0.15, -0.1) is 0 Å². The van der Waals surface area contributed by atoms with Crippen LogP contribution in [0.3, 0.4) is 0 Å². The molecule has 0 atom stereocenters. The van der Waals surface area contributed by atoms with Crippen LogP contribution in [0, 0.1) is 0 Å². The number of hydrogen-bond donors (Lipinski definition) is 1. The van der Waals surface area contributed by atoms with Crippen LogP contribution in [0.1, 0.15) is 37.3 Å². The molecule has 0 bridgehead atoms. The quantitative estimate of drug-likeness (QED) is 0.547. The van der Waals surface area contributed by atoms with Crippen molar-refractivity contribution in [3.63, 3.8) is 0 Å². The first-order valence-corrected chi connectivity index (χ1v) is 9.32. The van der Waals surface area contributed by atoms with Gasteiger partial charge in [0.15, 0.2) is 5.75 Å². The Hall–Kier alpha value is -3.07. The number of carbonyl (C=O) groups excluding carboxylic acids is 1. The molecule has 3 nitrogen and oxygen atoms in total. The Labute approximate surface area is 161 Å². The molecule has 3 aromatic carbocycles. The van der Waals surface area contributed by atoms with Crippen LogP contribution < -0.4 is 10.1 Å². The zero-order valence-corrected chi connectivity index (χ0v) is 15.8. The Kier molecular flexibility index (Phi) is 6.26. The first-order chi connectivity index (χ1) is 13.1. The van der Waals surface area contributed by atoms with Crippen LogP contribution in [0.25, 0.3) is 0 Å². The molecule has 0 unspecified atom stereocenters. The van der Waals surface area contributed by atoms with Crippen LogP contribution in [0.5, 0.6) is 11.5 Å². The number of hydrogen-bond acceptors (Lipinski definition) is 2. The lowest BCUT2D eigenvalue weighted by Gasteiger charge is -2.12. The first kappa shape index (κ1) is 18.7. The monoisotopic (exact) mass is 359 g/mol. The molecule has 0 aliphatic rings. The molecule has 0 spiro atoms. The Morgan fingerprint density at radius 1 is 0.889 bits per heavy atom. The number of ether oxygens (including phenoxy) is 1. The maximum absolute atomic E-state index is 12.4. The summed E-state index contributed by atoms with van der Waals surface area (Å²) in [4.78, 5) is 12.4. The smallest absolute Gasteiger partial charge is 0.224 e. The zero-order chi connectivity index (χ0) is 19.1. The third-order valence-corrected chi connectivity index (χ3v) is 4.42.